The molecule has 0 aliphatic carbocycles. The van der Waals surface area contributed by atoms with Gasteiger partial charge < -0.3 is 5.32 Å². The van der Waals surface area contributed by atoms with Gasteiger partial charge in [0, 0.05) is 11.1 Å². The Morgan fingerprint density at radius 1 is 1.00 bits per heavy atom. The monoisotopic (exact) mass is 341 g/mol. The third-order valence-corrected chi connectivity index (χ3v) is 3.73. The number of halogens is 3. The molecule has 0 heterocycles. The van der Waals surface area contributed by atoms with E-state index in [2.05, 4.69) is 5.32 Å². The second-order valence-corrected chi connectivity index (χ2v) is 5.27. The van der Waals surface area contributed by atoms with Gasteiger partial charge in [-0.05, 0) is 30.3 Å². The number of nitrogens with one attached hydrogen (secondary N) is 1. The van der Waals surface area contributed by atoms with Gasteiger partial charge in [-0.1, -0.05) is 35.3 Å². The van der Waals surface area contributed by atoms with Crippen molar-refractivity contribution in [3.05, 3.63) is 63.6 Å². The fourth-order valence-electron chi connectivity index (χ4n) is 1.77. The molecular weight excluding hydrogens is 333 g/mol. The van der Waals surface area contributed by atoms with E-state index in [1.807, 2.05) is 0 Å². The molecule has 0 spiro atoms. The van der Waals surface area contributed by atoms with E-state index in [4.69, 9.17) is 34.8 Å². The number of carbonyl (C=O) groups is 2. The average molecular weight is 343 g/mol. The number of hydrogen-bond acceptors (Lipinski definition) is 2. The minimum absolute atomic E-state index is 0.185. The zero-order chi connectivity index (χ0) is 15.4. The smallest absolute Gasteiger partial charge is 0.239 e. The molecule has 0 aliphatic heterocycles. The average Bonchev–Trinajstić information content (AvgIpc) is 2.49. The van der Waals surface area contributed by atoms with E-state index in [0.717, 1.165) is 0 Å². The van der Waals surface area contributed by atoms with E-state index in [1.54, 1.807) is 36.4 Å². The summed E-state index contributed by atoms with van der Waals surface area (Å²) in [6, 6.07) is 11.3. The Labute approximate surface area is 136 Å². The van der Waals surface area contributed by atoms with Crippen molar-refractivity contribution in [2.24, 2.45) is 0 Å². The van der Waals surface area contributed by atoms with E-state index in [9.17, 15) is 9.59 Å². The maximum absolute atomic E-state index is 12.5. The molecule has 0 aliphatic rings. The van der Waals surface area contributed by atoms with Gasteiger partial charge in [-0.2, -0.15) is 0 Å². The van der Waals surface area contributed by atoms with Crippen LogP contribution in [0, 0.1) is 0 Å². The molecule has 0 aromatic heterocycles. The summed E-state index contributed by atoms with van der Waals surface area (Å²) >= 11 is 17.2. The van der Waals surface area contributed by atoms with Crippen molar-refractivity contribution in [1.29, 1.82) is 0 Å². The van der Waals surface area contributed by atoms with E-state index in [1.165, 1.54) is 6.07 Å². The molecule has 21 heavy (non-hydrogen) atoms. The zero-order valence-electron chi connectivity index (χ0n) is 10.7. The van der Waals surface area contributed by atoms with Crippen molar-refractivity contribution < 1.29 is 9.59 Å². The molecule has 1 N–H and O–H groups in total. The highest BCUT2D eigenvalue weighted by molar-refractivity contribution is 6.42. The third kappa shape index (κ3) is 3.76. The molecule has 3 nitrogen and oxygen atoms in total. The molecule has 2 aromatic carbocycles. The quantitative estimate of drug-likeness (QED) is 0.661. The minimum Gasteiger partial charge on any atom is -0.324 e. The van der Waals surface area contributed by atoms with Crippen LogP contribution in [0.3, 0.4) is 0 Å². The third-order valence-electron chi connectivity index (χ3n) is 2.75. The van der Waals surface area contributed by atoms with Gasteiger partial charge in [-0.3, -0.25) is 9.59 Å². The highest BCUT2D eigenvalue weighted by Crippen LogP contribution is 2.25. The molecule has 1 amide bonds. The minimum atomic E-state index is -0.383. The lowest BCUT2D eigenvalue weighted by atomic mass is 10.0. The second-order valence-electron chi connectivity index (χ2n) is 4.19. The van der Waals surface area contributed by atoms with Crippen molar-refractivity contribution in [1.82, 2.24) is 0 Å². The number of para-hydroxylation sites is 1. The molecular formula is C15H10Cl3NO2. The lowest BCUT2D eigenvalue weighted by Crippen LogP contribution is -2.15. The maximum atomic E-state index is 12.5. The molecule has 0 atom stereocenters. The summed E-state index contributed by atoms with van der Waals surface area (Å²) in [6.45, 7) is 0. The van der Waals surface area contributed by atoms with Crippen molar-refractivity contribution in [3.8, 4) is 0 Å². The Morgan fingerprint density at radius 2 is 1.71 bits per heavy atom. The lowest BCUT2D eigenvalue weighted by molar-refractivity contribution is -0.113. The molecule has 0 radical (unpaired) electrons. The summed E-state index contributed by atoms with van der Waals surface area (Å²) in [7, 11) is 0. The van der Waals surface area contributed by atoms with Crippen LogP contribution in [0.1, 0.15) is 15.9 Å². The van der Waals surface area contributed by atoms with E-state index in [-0.39, 0.29) is 17.6 Å². The summed E-state index contributed by atoms with van der Waals surface area (Å²) in [6.07, 6.45) is 0. The lowest BCUT2D eigenvalue weighted by Gasteiger charge is -2.10. The van der Waals surface area contributed by atoms with E-state index < -0.39 is 0 Å². The Bertz CT molecular complexity index is 701. The Hall–Kier alpha value is -1.55. The second kappa shape index (κ2) is 6.94. The molecule has 2 rings (SSSR count). The van der Waals surface area contributed by atoms with Crippen molar-refractivity contribution in [2.45, 2.75) is 0 Å². The zero-order valence-corrected chi connectivity index (χ0v) is 13.0. The van der Waals surface area contributed by atoms with Crippen LogP contribution in [0.4, 0.5) is 5.69 Å². The Morgan fingerprint density at radius 3 is 2.38 bits per heavy atom. The van der Waals surface area contributed by atoms with Crippen LogP contribution in [-0.4, -0.2) is 17.6 Å². The van der Waals surface area contributed by atoms with Gasteiger partial charge >= 0.3 is 0 Å². The molecule has 0 saturated carbocycles. The number of alkyl halides is 1. The molecule has 6 heteroatoms. The van der Waals surface area contributed by atoms with Gasteiger partial charge in [0.1, 0.15) is 5.88 Å². The van der Waals surface area contributed by atoms with E-state index in [0.29, 0.717) is 26.9 Å². The van der Waals surface area contributed by atoms with Gasteiger partial charge in [0.15, 0.2) is 5.78 Å². The first kappa shape index (κ1) is 15.8. The first-order valence-electron chi connectivity index (χ1n) is 5.97. The molecule has 0 fully saturated rings. The molecule has 2 aromatic rings. The number of amides is 1. The van der Waals surface area contributed by atoms with Gasteiger partial charge in [-0.25, -0.2) is 0 Å². The molecule has 0 bridgehead atoms. The Balaban J connectivity index is 2.38. The largest absolute Gasteiger partial charge is 0.324 e. The number of benzene rings is 2. The normalized spacial score (nSPS) is 10.2. The van der Waals surface area contributed by atoms with Gasteiger partial charge in [0.25, 0.3) is 0 Å². The fourth-order valence-corrected chi connectivity index (χ4v) is 2.13. The van der Waals surface area contributed by atoms with Crippen LogP contribution < -0.4 is 5.32 Å². The summed E-state index contributed by atoms with van der Waals surface area (Å²) < 4.78 is 0. The van der Waals surface area contributed by atoms with Crippen molar-refractivity contribution in [2.75, 3.05) is 11.2 Å². The van der Waals surface area contributed by atoms with Crippen LogP contribution >= 0.6 is 34.8 Å². The summed E-state index contributed by atoms with van der Waals surface area (Å²) in [5, 5.41) is 3.25. The summed E-state index contributed by atoms with van der Waals surface area (Å²) in [4.78, 5) is 23.9. The highest BCUT2D eigenvalue weighted by Gasteiger charge is 2.15. The van der Waals surface area contributed by atoms with Crippen LogP contribution in [0.5, 0.6) is 0 Å². The predicted molar refractivity (Wildman–Crippen MR) is 85.7 cm³/mol. The molecule has 0 unspecified atom stereocenters. The van der Waals surface area contributed by atoms with Crippen molar-refractivity contribution in [3.63, 3.8) is 0 Å². The first-order valence-corrected chi connectivity index (χ1v) is 7.26. The first-order chi connectivity index (χ1) is 10.0. The van der Waals surface area contributed by atoms with Gasteiger partial charge in [0.2, 0.25) is 5.91 Å². The standard InChI is InChI=1S/C15H10Cl3NO2/c16-8-14(20)19-13-4-2-1-3-10(13)15(21)9-5-6-11(17)12(18)7-9/h1-7H,8H2,(H,19,20). The Kier molecular flexibility index (Phi) is 5.23. The SMILES string of the molecule is O=C(CCl)Nc1ccccc1C(=O)c1ccc(Cl)c(Cl)c1. The number of hydrogen-bond donors (Lipinski definition) is 1. The van der Waals surface area contributed by atoms with Crippen molar-refractivity contribution >= 4 is 52.2 Å². The number of carbonyl (C=O) groups excluding carboxylic acids is 2. The summed E-state index contributed by atoms with van der Waals surface area (Å²) in [5.41, 5.74) is 1.14. The van der Waals surface area contributed by atoms with Crippen LogP contribution in [-0.2, 0) is 4.79 Å². The summed E-state index contributed by atoms with van der Waals surface area (Å²) in [5.74, 6) is -0.833. The van der Waals surface area contributed by atoms with Gasteiger partial charge in [-0.15, -0.1) is 11.6 Å². The fraction of sp³-hybridized carbons (Fsp3) is 0.0667. The molecule has 0 saturated heterocycles. The van der Waals surface area contributed by atoms with Crippen LogP contribution in [0.25, 0.3) is 0 Å². The number of rotatable bonds is 4. The number of ketones is 1. The van der Waals surface area contributed by atoms with Crippen LogP contribution in [0.2, 0.25) is 10.0 Å². The topological polar surface area (TPSA) is 46.2 Å². The molecule has 108 valence electrons. The van der Waals surface area contributed by atoms with Gasteiger partial charge in [0.05, 0.1) is 15.7 Å². The number of anilines is 1. The van der Waals surface area contributed by atoms with Crippen LogP contribution in [0.15, 0.2) is 42.5 Å². The predicted octanol–water partition coefficient (Wildman–Crippen LogP) is 4.40. The van der Waals surface area contributed by atoms with E-state index >= 15 is 0 Å². The highest BCUT2D eigenvalue weighted by atomic mass is 35.5. The maximum Gasteiger partial charge on any atom is 0.239 e.